The summed E-state index contributed by atoms with van der Waals surface area (Å²) in [5, 5.41) is 7.57. The molecule has 0 N–H and O–H groups in total. The van der Waals surface area contributed by atoms with Gasteiger partial charge in [-0.2, -0.15) is 5.10 Å². The molecule has 0 aromatic carbocycles. The lowest BCUT2D eigenvalue weighted by Gasteiger charge is -2.01. The van der Waals surface area contributed by atoms with E-state index in [2.05, 4.69) is 10.3 Å². The molecule has 0 saturated carbocycles. The summed E-state index contributed by atoms with van der Waals surface area (Å²) in [5.41, 5.74) is 2.67. The van der Waals surface area contributed by atoms with Gasteiger partial charge in [0, 0.05) is 24.2 Å². The number of nitrogens with zero attached hydrogens (tertiary/aromatic N) is 3. The topological polar surface area (TPSA) is 56.5 Å². The molecule has 0 amide bonds. The molecule has 16 heavy (non-hydrogen) atoms. The summed E-state index contributed by atoms with van der Waals surface area (Å²) in [7, 11) is 0. The second kappa shape index (κ2) is 4.25. The van der Waals surface area contributed by atoms with Crippen molar-refractivity contribution < 1.29 is 9.63 Å². The Bertz CT molecular complexity index is 453. The molecule has 5 nitrogen and oxygen atoms in total. The third kappa shape index (κ3) is 1.82. The molecule has 2 heterocycles. The van der Waals surface area contributed by atoms with Crippen molar-refractivity contribution in [3.05, 3.63) is 17.5 Å². The van der Waals surface area contributed by atoms with Gasteiger partial charge in [0.25, 0.3) is 5.24 Å². The number of carbonyl (C=O) groups excluding carboxylic acids is 1. The molecule has 1 aliphatic rings. The predicted molar refractivity (Wildman–Crippen MR) is 59.5 cm³/mol. The minimum absolute atomic E-state index is 0.415. The van der Waals surface area contributed by atoms with Crippen LogP contribution in [-0.4, -0.2) is 26.8 Å². The van der Waals surface area contributed by atoms with Crippen LogP contribution in [0.2, 0.25) is 0 Å². The lowest BCUT2D eigenvalue weighted by Crippen LogP contribution is -2.15. The Balaban J connectivity index is 2.20. The molecule has 0 spiro atoms. The van der Waals surface area contributed by atoms with Gasteiger partial charge in [0.05, 0.1) is 11.9 Å². The molecule has 0 fully saturated rings. The number of hydrogen-bond acceptors (Lipinski definition) is 4. The summed E-state index contributed by atoms with van der Waals surface area (Å²) in [5.74, 6) is 0. The molecule has 0 bridgehead atoms. The molecule has 0 unspecified atom stereocenters. The zero-order valence-corrected chi connectivity index (χ0v) is 9.86. The summed E-state index contributed by atoms with van der Waals surface area (Å²) in [6, 6.07) is 0. The van der Waals surface area contributed by atoms with E-state index in [-0.39, 0.29) is 0 Å². The standard InChI is InChI=1S/C10H12ClN3O2/c1-3-14-6(2)7(5-12-14)8-4-9(10(11)15)16-13-8/h5,9H,3-4H2,1-2H3/t9-/m0/s1. The number of aryl methyl sites for hydroxylation is 1. The minimum Gasteiger partial charge on any atom is -0.382 e. The van der Waals surface area contributed by atoms with E-state index in [1.165, 1.54) is 0 Å². The van der Waals surface area contributed by atoms with E-state index in [1.807, 2.05) is 18.5 Å². The summed E-state index contributed by atoms with van der Waals surface area (Å²) in [6.07, 6.45) is 1.50. The highest BCUT2D eigenvalue weighted by Gasteiger charge is 2.29. The number of hydrogen-bond donors (Lipinski definition) is 0. The molecule has 0 radical (unpaired) electrons. The fraction of sp³-hybridized carbons (Fsp3) is 0.500. The van der Waals surface area contributed by atoms with Gasteiger partial charge in [-0.3, -0.25) is 9.48 Å². The van der Waals surface area contributed by atoms with Gasteiger partial charge in [-0.1, -0.05) is 5.16 Å². The monoisotopic (exact) mass is 241 g/mol. The van der Waals surface area contributed by atoms with Gasteiger partial charge >= 0.3 is 0 Å². The lowest BCUT2D eigenvalue weighted by atomic mass is 10.1. The van der Waals surface area contributed by atoms with Gasteiger partial charge in [-0.15, -0.1) is 0 Å². The van der Waals surface area contributed by atoms with Gasteiger partial charge in [-0.25, -0.2) is 0 Å². The molecule has 1 atom stereocenters. The maximum Gasteiger partial charge on any atom is 0.265 e. The molecule has 1 aromatic heterocycles. The summed E-state index contributed by atoms with van der Waals surface area (Å²) in [6.45, 7) is 4.78. The van der Waals surface area contributed by atoms with Gasteiger partial charge in [-0.05, 0) is 25.4 Å². The molecule has 2 rings (SSSR count). The van der Waals surface area contributed by atoms with Gasteiger partial charge in [0.2, 0.25) is 6.10 Å². The Morgan fingerprint density at radius 3 is 3.00 bits per heavy atom. The molecule has 1 aliphatic heterocycles. The van der Waals surface area contributed by atoms with E-state index in [1.54, 1.807) is 6.20 Å². The molecule has 0 saturated heterocycles. The number of halogens is 1. The Hall–Kier alpha value is -1.36. The number of rotatable bonds is 3. The second-order valence-electron chi connectivity index (χ2n) is 3.60. The van der Waals surface area contributed by atoms with Crippen LogP contribution in [0, 0.1) is 6.92 Å². The smallest absolute Gasteiger partial charge is 0.265 e. The van der Waals surface area contributed by atoms with E-state index >= 15 is 0 Å². The molecular weight excluding hydrogens is 230 g/mol. The van der Waals surface area contributed by atoms with E-state index < -0.39 is 11.3 Å². The lowest BCUT2D eigenvalue weighted by molar-refractivity contribution is -0.120. The average Bonchev–Trinajstić information content (AvgIpc) is 2.83. The second-order valence-corrected chi connectivity index (χ2v) is 3.97. The summed E-state index contributed by atoms with van der Waals surface area (Å²) in [4.78, 5) is 15.9. The third-order valence-corrected chi connectivity index (χ3v) is 2.88. The van der Waals surface area contributed by atoms with Crippen LogP contribution in [0.15, 0.2) is 11.4 Å². The van der Waals surface area contributed by atoms with Crippen molar-refractivity contribution in [3.8, 4) is 0 Å². The van der Waals surface area contributed by atoms with Crippen molar-refractivity contribution >= 4 is 22.6 Å². The van der Waals surface area contributed by atoms with Crippen molar-refractivity contribution in [1.29, 1.82) is 0 Å². The van der Waals surface area contributed by atoms with Crippen molar-refractivity contribution in [2.45, 2.75) is 32.9 Å². The predicted octanol–water partition coefficient (Wildman–Crippen LogP) is 1.47. The van der Waals surface area contributed by atoms with Crippen LogP contribution in [0.25, 0.3) is 0 Å². The first-order valence-electron chi connectivity index (χ1n) is 5.08. The first-order chi connectivity index (χ1) is 7.63. The fourth-order valence-corrected chi connectivity index (χ4v) is 1.82. The Morgan fingerprint density at radius 2 is 2.50 bits per heavy atom. The number of oxime groups is 1. The number of carbonyl (C=O) groups is 1. The fourth-order valence-electron chi connectivity index (χ4n) is 1.71. The van der Waals surface area contributed by atoms with Gasteiger partial charge in [0.15, 0.2) is 0 Å². The SMILES string of the molecule is CCn1ncc(C2=NO[C@H](C(=O)Cl)C2)c1C. The Kier molecular flexibility index (Phi) is 2.96. The molecular formula is C10H12ClN3O2. The quantitative estimate of drug-likeness (QED) is 0.753. The van der Waals surface area contributed by atoms with Crippen molar-refractivity contribution in [2.24, 2.45) is 5.16 Å². The zero-order valence-electron chi connectivity index (χ0n) is 9.11. The zero-order chi connectivity index (χ0) is 11.7. The highest BCUT2D eigenvalue weighted by molar-refractivity contribution is 6.64. The Morgan fingerprint density at radius 1 is 1.75 bits per heavy atom. The van der Waals surface area contributed by atoms with Crippen LogP contribution < -0.4 is 0 Å². The van der Waals surface area contributed by atoms with Crippen LogP contribution in [0.1, 0.15) is 24.6 Å². The highest BCUT2D eigenvalue weighted by Crippen LogP contribution is 2.20. The minimum atomic E-state index is -0.652. The maximum atomic E-state index is 10.9. The largest absolute Gasteiger partial charge is 0.382 e. The van der Waals surface area contributed by atoms with Crippen LogP contribution in [0.5, 0.6) is 0 Å². The van der Waals surface area contributed by atoms with Crippen molar-refractivity contribution in [2.75, 3.05) is 0 Å². The molecule has 0 aliphatic carbocycles. The van der Waals surface area contributed by atoms with Crippen LogP contribution in [0.3, 0.4) is 0 Å². The third-order valence-electron chi connectivity index (χ3n) is 2.64. The van der Waals surface area contributed by atoms with E-state index in [9.17, 15) is 4.79 Å². The maximum absolute atomic E-state index is 10.9. The van der Waals surface area contributed by atoms with Crippen molar-refractivity contribution in [3.63, 3.8) is 0 Å². The van der Waals surface area contributed by atoms with Crippen LogP contribution >= 0.6 is 11.6 Å². The van der Waals surface area contributed by atoms with E-state index in [0.717, 1.165) is 23.5 Å². The van der Waals surface area contributed by atoms with Crippen LogP contribution in [-0.2, 0) is 16.2 Å². The molecule has 6 heteroatoms. The number of aromatic nitrogens is 2. The normalized spacial score (nSPS) is 19.4. The van der Waals surface area contributed by atoms with E-state index in [4.69, 9.17) is 16.4 Å². The summed E-state index contributed by atoms with van der Waals surface area (Å²) < 4.78 is 1.87. The highest BCUT2D eigenvalue weighted by atomic mass is 35.5. The van der Waals surface area contributed by atoms with Gasteiger partial charge in [0.1, 0.15) is 0 Å². The molecule has 1 aromatic rings. The van der Waals surface area contributed by atoms with E-state index in [0.29, 0.717) is 6.42 Å². The van der Waals surface area contributed by atoms with Gasteiger partial charge < -0.3 is 4.84 Å². The Labute approximate surface area is 98.0 Å². The molecule has 86 valence electrons. The van der Waals surface area contributed by atoms with Crippen LogP contribution in [0.4, 0.5) is 0 Å². The van der Waals surface area contributed by atoms with Crippen molar-refractivity contribution in [1.82, 2.24) is 9.78 Å². The first kappa shape index (κ1) is 11.1. The summed E-state index contributed by atoms with van der Waals surface area (Å²) >= 11 is 5.35. The first-order valence-corrected chi connectivity index (χ1v) is 5.46. The average molecular weight is 242 g/mol.